The van der Waals surface area contributed by atoms with Crippen LogP contribution in [0.3, 0.4) is 0 Å². The predicted octanol–water partition coefficient (Wildman–Crippen LogP) is 24.7. The van der Waals surface area contributed by atoms with Crippen LogP contribution in [0, 0.1) is 0 Å². The van der Waals surface area contributed by atoms with Gasteiger partial charge < -0.3 is 31.3 Å². The van der Waals surface area contributed by atoms with Gasteiger partial charge in [0.25, 0.3) is 5.91 Å². The number of anilines is 5. The number of methoxy groups -OCH3 is 1. The van der Waals surface area contributed by atoms with Crippen LogP contribution in [0.4, 0.5) is 28.4 Å². The average Bonchev–Trinajstić information content (AvgIpc) is 0.993. The maximum Gasteiger partial charge on any atom is 0.255 e. The number of nitrogens with one attached hydrogen (secondary N) is 5. The van der Waals surface area contributed by atoms with E-state index in [0.29, 0.717) is 66.3 Å². The number of benzene rings is 8. The molecule has 5 N–H and O–H groups in total. The molecule has 0 aromatic heterocycles. The Kier molecular flexibility index (Phi) is 43.7. The topological polar surface area (TPSA) is 155 Å². The van der Waals surface area contributed by atoms with Crippen LogP contribution in [-0.4, -0.2) is 36.6 Å². The minimum absolute atomic E-state index is 0.0269. The van der Waals surface area contributed by atoms with Crippen LogP contribution >= 0.6 is 0 Å². The zero-order valence-corrected chi connectivity index (χ0v) is 64.2. The molecule has 8 aromatic rings. The summed E-state index contributed by atoms with van der Waals surface area (Å²) in [5.74, 6) is 4.80. The van der Waals surface area contributed by atoms with Crippen molar-refractivity contribution in [3.05, 3.63) is 251 Å². The normalized spacial score (nSPS) is 10.4. The van der Waals surface area contributed by atoms with Gasteiger partial charge in [0.05, 0.1) is 7.11 Å². The lowest BCUT2D eigenvalue weighted by Crippen LogP contribution is -2.11. The van der Waals surface area contributed by atoms with E-state index >= 15 is 0 Å². The molecule has 0 atom stereocenters. The highest BCUT2D eigenvalue weighted by atomic mass is 16.5. The van der Waals surface area contributed by atoms with Crippen molar-refractivity contribution in [2.75, 3.05) is 33.7 Å². The second kappa shape index (κ2) is 50.3. The molecule has 11 heteroatoms. The predicted molar refractivity (Wildman–Crippen MR) is 428 cm³/mol. The highest BCUT2D eigenvalue weighted by Crippen LogP contribution is 2.25. The van der Waals surface area contributed by atoms with E-state index in [2.05, 4.69) is 203 Å². The summed E-state index contributed by atoms with van der Waals surface area (Å²) in [5, 5.41) is 14.4. The lowest BCUT2D eigenvalue weighted by molar-refractivity contribution is -0.117. The molecule has 0 saturated heterocycles. The van der Waals surface area contributed by atoms with Gasteiger partial charge >= 0.3 is 0 Å². The van der Waals surface area contributed by atoms with Crippen LogP contribution in [0.25, 0.3) is 0 Å². The zero-order valence-electron chi connectivity index (χ0n) is 64.2. The first-order chi connectivity index (χ1) is 47.7. The fourth-order valence-corrected chi connectivity index (χ4v) is 9.70. The van der Waals surface area contributed by atoms with Crippen LogP contribution in [0.1, 0.15) is 280 Å². The summed E-state index contributed by atoms with van der Waals surface area (Å²) < 4.78 is 5.11. The monoisotopic (exact) mass is 1360 g/mol. The number of amides is 5. The number of ether oxygens (including phenoxy) is 1. The number of unbranched alkanes of at least 4 members (excludes halogenated alkanes) is 5. The average molecular weight is 1360 g/mol. The van der Waals surface area contributed by atoms with Crippen molar-refractivity contribution in [1.82, 2.24) is 0 Å². The molecule has 0 bridgehead atoms. The Bertz CT molecular complexity index is 3570. The van der Waals surface area contributed by atoms with Crippen molar-refractivity contribution in [1.29, 1.82) is 0 Å². The van der Waals surface area contributed by atoms with Gasteiger partial charge in [0.1, 0.15) is 5.75 Å². The molecule has 5 amide bonds. The summed E-state index contributed by atoms with van der Waals surface area (Å²) >= 11 is 0. The summed E-state index contributed by atoms with van der Waals surface area (Å²) in [4.78, 5) is 57.2. The maximum atomic E-state index is 12.0. The van der Waals surface area contributed by atoms with Crippen LogP contribution in [0.2, 0.25) is 0 Å². The van der Waals surface area contributed by atoms with Crippen molar-refractivity contribution < 1.29 is 28.7 Å². The molecule has 540 valence electrons. The van der Waals surface area contributed by atoms with Gasteiger partial charge in [0.15, 0.2) is 0 Å². The fourth-order valence-electron chi connectivity index (χ4n) is 9.70. The van der Waals surface area contributed by atoms with E-state index in [1.165, 1.54) is 78.0 Å². The summed E-state index contributed by atoms with van der Waals surface area (Å²) in [6, 6.07) is 68.0. The molecule has 0 spiro atoms. The van der Waals surface area contributed by atoms with Crippen molar-refractivity contribution in [3.8, 4) is 5.75 Å². The largest absolute Gasteiger partial charge is 0.497 e. The van der Waals surface area contributed by atoms with Gasteiger partial charge in [0, 0.05) is 60.2 Å². The van der Waals surface area contributed by atoms with Crippen molar-refractivity contribution in [3.63, 3.8) is 0 Å². The van der Waals surface area contributed by atoms with E-state index in [1.807, 2.05) is 147 Å². The first-order valence-electron chi connectivity index (χ1n) is 36.4. The Hall–Kier alpha value is -9.09. The van der Waals surface area contributed by atoms with E-state index in [9.17, 15) is 24.0 Å². The molecule has 100 heavy (non-hydrogen) atoms. The molecule has 0 heterocycles. The second-order valence-corrected chi connectivity index (χ2v) is 27.2. The van der Waals surface area contributed by atoms with Gasteiger partial charge in [0.2, 0.25) is 23.6 Å². The first kappa shape index (κ1) is 87.0. The number of carbonyl (C=O) groups excluding carboxylic acids is 5. The van der Waals surface area contributed by atoms with Gasteiger partial charge in [-0.25, -0.2) is 0 Å². The van der Waals surface area contributed by atoms with E-state index in [0.717, 1.165) is 47.0 Å². The van der Waals surface area contributed by atoms with Crippen LogP contribution < -0.4 is 31.3 Å². The van der Waals surface area contributed by atoms with Gasteiger partial charge in [-0.2, -0.15) is 0 Å². The van der Waals surface area contributed by atoms with Gasteiger partial charge in [-0.15, -0.1) is 0 Å². The molecule has 0 aliphatic heterocycles. The number of hydrogen-bond donors (Lipinski definition) is 5. The summed E-state index contributed by atoms with van der Waals surface area (Å²) in [5.41, 5.74) is 14.1. The molecular weight excluding hydrogens is 1240 g/mol. The molecular formula is C89H123N5O6. The molecule has 0 aliphatic rings. The highest BCUT2D eigenvalue weighted by Gasteiger charge is 2.10. The summed E-state index contributed by atoms with van der Waals surface area (Å²) in [6.45, 7) is 37.8. The van der Waals surface area contributed by atoms with Crippen LogP contribution in [0.5, 0.6) is 5.75 Å². The van der Waals surface area contributed by atoms with Gasteiger partial charge in [-0.1, -0.05) is 271 Å². The Balaban J connectivity index is 0.000000402. The Morgan fingerprint density at radius 3 is 0.960 bits per heavy atom. The van der Waals surface area contributed by atoms with Crippen molar-refractivity contribution >= 4 is 58.0 Å². The lowest BCUT2D eigenvalue weighted by atomic mass is 10.0. The van der Waals surface area contributed by atoms with Gasteiger partial charge in [-0.05, 0) is 178 Å². The van der Waals surface area contributed by atoms with Crippen LogP contribution in [0.15, 0.2) is 206 Å². The van der Waals surface area contributed by atoms with Crippen LogP contribution in [-0.2, 0) is 19.2 Å². The third kappa shape index (κ3) is 38.3. The van der Waals surface area contributed by atoms with Crippen molar-refractivity contribution in [2.24, 2.45) is 0 Å². The smallest absolute Gasteiger partial charge is 0.255 e. The van der Waals surface area contributed by atoms with E-state index in [-0.39, 0.29) is 29.5 Å². The lowest BCUT2D eigenvalue weighted by Gasteiger charge is -2.09. The standard InChI is InChI=1S/C18H29NO.C16H17NO.C13H19NO.C12H17NO.C11H15NO.C10H14O.C9H12/c1-4-5-6-7-8-9-13-18(20)19-17-12-10-11-16(14-17)15(2)3;1-12(2)14-9-6-10-15(11-14)17-16(18)13-7-4-3-5-8-13;1-4-6-13(15)14-12-8-5-7-11(9-12)10(2)3;1-4-12(14)13-11-7-5-6-10(8-11)9(2)3;1-8(2)10-5-4-6-11(7-10)12-9(3)13;1-8(2)9-5-4-6-10(7-9)11-3;1-8(2)9-6-4-3-5-7-9/h10-12,14-15H,4-9,13H2,1-3H3,(H,19,20);3-12H,1-2H3,(H,17,18);5,7-10H,4,6H2,1-3H3,(H,14,15);5-9H,4H2,1-3H3,(H,13,14);4-8H,1-3H3,(H,12,13);4-8H,1-3H3;3-8H,1-2H3. The Labute approximate surface area is 603 Å². The number of rotatable bonds is 24. The molecule has 0 aliphatic carbocycles. The SMILES string of the molecule is CC(=O)Nc1cccc(C(C)C)c1.CC(C)c1cccc(NC(=O)c2ccccc2)c1.CC(C)c1ccccc1.CCC(=O)Nc1cccc(C(C)C)c1.CCCC(=O)Nc1cccc(C(C)C)c1.CCCCCCCCC(=O)Nc1cccc(C(C)C)c1.COc1cccc(C(C)C)c1. The third-order valence-electron chi connectivity index (χ3n) is 16.0. The Morgan fingerprint density at radius 1 is 0.310 bits per heavy atom. The second-order valence-electron chi connectivity index (χ2n) is 27.2. The molecule has 0 fully saturated rings. The first-order valence-corrected chi connectivity index (χ1v) is 36.4. The minimum atomic E-state index is -0.0727. The third-order valence-corrected chi connectivity index (χ3v) is 16.0. The van der Waals surface area contributed by atoms with E-state index < -0.39 is 0 Å². The fraction of sp³-hybridized carbons (Fsp3) is 0.404. The number of hydrogen-bond acceptors (Lipinski definition) is 6. The quantitative estimate of drug-likeness (QED) is 0.0380. The zero-order chi connectivity index (χ0) is 74.4. The highest BCUT2D eigenvalue weighted by molar-refractivity contribution is 6.04. The maximum absolute atomic E-state index is 12.0. The van der Waals surface area contributed by atoms with E-state index in [1.54, 1.807) is 7.11 Å². The minimum Gasteiger partial charge on any atom is -0.497 e. The summed E-state index contributed by atoms with van der Waals surface area (Å²) in [6.07, 6.45) is 9.93. The molecule has 0 radical (unpaired) electrons. The molecule has 8 rings (SSSR count). The van der Waals surface area contributed by atoms with Crippen molar-refractivity contribution in [2.45, 2.75) is 230 Å². The van der Waals surface area contributed by atoms with Gasteiger partial charge in [-0.3, -0.25) is 24.0 Å². The number of carbonyl (C=O) groups is 5. The molecule has 11 nitrogen and oxygen atoms in total. The van der Waals surface area contributed by atoms with E-state index in [4.69, 9.17) is 4.74 Å². The molecule has 0 saturated carbocycles. The Morgan fingerprint density at radius 2 is 0.620 bits per heavy atom. The molecule has 0 unspecified atom stereocenters. The molecule has 8 aromatic carbocycles. The summed E-state index contributed by atoms with van der Waals surface area (Å²) in [7, 11) is 1.69.